The van der Waals surface area contributed by atoms with Crippen LogP contribution in [0.3, 0.4) is 0 Å². The normalized spacial score (nSPS) is 20.6. The highest BCUT2D eigenvalue weighted by Gasteiger charge is 2.15. The van der Waals surface area contributed by atoms with E-state index in [0.717, 1.165) is 38.0 Å². The van der Waals surface area contributed by atoms with Gasteiger partial charge in [0.15, 0.2) is 0 Å². The first-order valence-corrected chi connectivity index (χ1v) is 6.07. The smallest absolute Gasteiger partial charge is 0.337 e. The van der Waals surface area contributed by atoms with E-state index in [-0.39, 0.29) is 0 Å². The third kappa shape index (κ3) is 3.20. The Bertz CT molecular complexity index is 385. The van der Waals surface area contributed by atoms with Crippen LogP contribution in [0.1, 0.15) is 29.6 Å². The largest absolute Gasteiger partial charge is 0.478 e. The van der Waals surface area contributed by atoms with Crippen LogP contribution < -0.4 is 10.6 Å². The van der Waals surface area contributed by atoms with Crippen molar-refractivity contribution in [3.05, 3.63) is 29.8 Å². The molecule has 92 valence electrons. The van der Waals surface area contributed by atoms with Gasteiger partial charge < -0.3 is 15.7 Å². The molecule has 0 spiro atoms. The molecule has 1 aromatic carbocycles. The van der Waals surface area contributed by atoms with Gasteiger partial charge >= 0.3 is 5.97 Å². The minimum atomic E-state index is -0.875. The van der Waals surface area contributed by atoms with Gasteiger partial charge in [-0.2, -0.15) is 0 Å². The van der Waals surface area contributed by atoms with E-state index in [1.165, 1.54) is 0 Å². The lowest BCUT2D eigenvalue weighted by molar-refractivity contribution is 0.0698. The summed E-state index contributed by atoms with van der Waals surface area (Å²) in [4.78, 5) is 11.1. The standard InChI is InChI=1S/C13H18N2O2/c16-13(17)11-5-1-2-6-12(11)15-10-4-3-8-14-9-7-10/h1-2,5-6,10,14-15H,3-4,7-9H2,(H,16,17). The molecule has 0 radical (unpaired) electrons. The van der Waals surface area contributed by atoms with Crippen molar-refractivity contribution in [1.29, 1.82) is 0 Å². The summed E-state index contributed by atoms with van der Waals surface area (Å²) >= 11 is 0. The Labute approximate surface area is 101 Å². The van der Waals surface area contributed by atoms with Gasteiger partial charge in [0.05, 0.1) is 5.56 Å². The lowest BCUT2D eigenvalue weighted by Crippen LogP contribution is -2.22. The highest BCUT2D eigenvalue weighted by molar-refractivity contribution is 5.94. The third-order valence-electron chi connectivity index (χ3n) is 3.09. The van der Waals surface area contributed by atoms with Crippen molar-refractivity contribution in [3.8, 4) is 0 Å². The van der Waals surface area contributed by atoms with Gasteiger partial charge in [-0.25, -0.2) is 4.79 Å². The Morgan fingerprint density at radius 2 is 2.12 bits per heavy atom. The molecule has 1 aliphatic rings. The highest BCUT2D eigenvalue weighted by atomic mass is 16.4. The number of para-hydroxylation sites is 1. The number of hydrogen-bond donors (Lipinski definition) is 3. The quantitative estimate of drug-likeness (QED) is 0.748. The third-order valence-corrected chi connectivity index (χ3v) is 3.09. The van der Waals surface area contributed by atoms with Crippen molar-refractivity contribution in [2.45, 2.75) is 25.3 Å². The predicted octanol–water partition coefficient (Wildman–Crippen LogP) is 1.94. The van der Waals surface area contributed by atoms with Crippen molar-refractivity contribution in [2.75, 3.05) is 18.4 Å². The van der Waals surface area contributed by atoms with E-state index in [0.29, 0.717) is 11.6 Å². The number of rotatable bonds is 3. The monoisotopic (exact) mass is 234 g/mol. The first-order valence-electron chi connectivity index (χ1n) is 6.07. The van der Waals surface area contributed by atoms with Crippen LogP contribution in [-0.4, -0.2) is 30.2 Å². The molecule has 1 aliphatic heterocycles. The molecule has 17 heavy (non-hydrogen) atoms. The molecule has 1 atom stereocenters. The van der Waals surface area contributed by atoms with Crippen molar-refractivity contribution in [1.82, 2.24) is 5.32 Å². The maximum absolute atomic E-state index is 11.1. The molecular weight excluding hydrogens is 216 g/mol. The zero-order chi connectivity index (χ0) is 12.1. The summed E-state index contributed by atoms with van der Waals surface area (Å²) in [5, 5.41) is 15.8. The Kier molecular flexibility index (Phi) is 3.98. The Hall–Kier alpha value is -1.55. The summed E-state index contributed by atoms with van der Waals surface area (Å²) in [6, 6.07) is 7.46. The molecule has 1 heterocycles. The summed E-state index contributed by atoms with van der Waals surface area (Å²) in [6.07, 6.45) is 3.25. The van der Waals surface area contributed by atoms with Gasteiger partial charge in [-0.1, -0.05) is 12.1 Å². The maximum atomic E-state index is 11.1. The molecule has 1 aromatic rings. The van der Waals surface area contributed by atoms with E-state index in [2.05, 4.69) is 10.6 Å². The first kappa shape index (κ1) is 11.9. The topological polar surface area (TPSA) is 61.4 Å². The van der Waals surface area contributed by atoms with Crippen LogP contribution in [-0.2, 0) is 0 Å². The number of hydrogen-bond acceptors (Lipinski definition) is 3. The van der Waals surface area contributed by atoms with Gasteiger partial charge in [-0.3, -0.25) is 0 Å². The van der Waals surface area contributed by atoms with E-state index in [1.807, 2.05) is 12.1 Å². The van der Waals surface area contributed by atoms with Gasteiger partial charge in [0.2, 0.25) is 0 Å². The molecule has 2 rings (SSSR count). The lowest BCUT2D eigenvalue weighted by atomic mass is 10.1. The summed E-state index contributed by atoms with van der Waals surface area (Å²) < 4.78 is 0. The fourth-order valence-corrected chi connectivity index (χ4v) is 2.18. The second kappa shape index (κ2) is 5.68. The molecule has 0 saturated carbocycles. The van der Waals surface area contributed by atoms with Gasteiger partial charge in [0.25, 0.3) is 0 Å². The zero-order valence-corrected chi connectivity index (χ0v) is 9.78. The van der Waals surface area contributed by atoms with Crippen molar-refractivity contribution >= 4 is 11.7 Å². The molecular formula is C13H18N2O2. The molecule has 0 aliphatic carbocycles. The summed E-state index contributed by atoms with van der Waals surface area (Å²) in [6.45, 7) is 2.05. The Balaban J connectivity index is 2.09. The molecule has 4 nitrogen and oxygen atoms in total. The first-order chi connectivity index (χ1) is 8.27. The number of carbonyl (C=O) groups is 1. The predicted molar refractivity (Wildman–Crippen MR) is 67.5 cm³/mol. The number of benzene rings is 1. The van der Waals surface area contributed by atoms with Crippen LogP contribution in [0.25, 0.3) is 0 Å². The van der Waals surface area contributed by atoms with Gasteiger partial charge in [0, 0.05) is 11.7 Å². The van der Waals surface area contributed by atoms with Gasteiger partial charge in [-0.05, 0) is 44.5 Å². The minimum Gasteiger partial charge on any atom is -0.478 e. The second-order valence-electron chi connectivity index (χ2n) is 4.37. The summed E-state index contributed by atoms with van der Waals surface area (Å²) in [5.41, 5.74) is 1.08. The molecule has 1 fully saturated rings. The van der Waals surface area contributed by atoms with Crippen LogP contribution >= 0.6 is 0 Å². The maximum Gasteiger partial charge on any atom is 0.337 e. The van der Waals surface area contributed by atoms with Crippen molar-refractivity contribution in [3.63, 3.8) is 0 Å². The van der Waals surface area contributed by atoms with Crippen LogP contribution in [0.4, 0.5) is 5.69 Å². The van der Waals surface area contributed by atoms with Crippen LogP contribution in [0, 0.1) is 0 Å². The Morgan fingerprint density at radius 3 is 2.94 bits per heavy atom. The van der Waals surface area contributed by atoms with Crippen molar-refractivity contribution in [2.24, 2.45) is 0 Å². The molecule has 3 N–H and O–H groups in total. The summed E-state index contributed by atoms with van der Waals surface area (Å²) in [7, 11) is 0. The van der Waals surface area contributed by atoms with E-state index in [1.54, 1.807) is 12.1 Å². The molecule has 0 aromatic heterocycles. The number of carboxylic acid groups (broad SMARTS) is 1. The fourth-order valence-electron chi connectivity index (χ4n) is 2.18. The number of nitrogens with one attached hydrogen (secondary N) is 2. The average Bonchev–Trinajstić information content (AvgIpc) is 2.58. The van der Waals surface area contributed by atoms with Gasteiger partial charge in [0.1, 0.15) is 0 Å². The van der Waals surface area contributed by atoms with Crippen LogP contribution in [0.5, 0.6) is 0 Å². The van der Waals surface area contributed by atoms with Crippen LogP contribution in [0.15, 0.2) is 24.3 Å². The Morgan fingerprint density at radius 1 is 1.29 bits per heavy atom. The van der Waals surface area contributed by atoms with E-state index < -0.39 is 5.97 Å². The second-order valence-corrected chi connectivity index (χ2v) is 4.37. The lowest BCUT2D eigenvalue weighted by Gasteiger charge is -2.18. The average molecular weight is 234 g/mol. The van der Waals surface area contributed by atoms with Gasteiger partial charge in [-0.15, -0.1) is 0 Å². The molecule has 1 unspecified atom stereocenters. The molecule has 4 heteroatoms. The number of carboxylic acids is 1. The number of anilines is 1. The number of aromatic carboxylic acids is 1. The fraction of sp³-hybridized carbons (Fsp3) is 0.462. The SMILES string of the molecule is O=C(O)c1ccccc1NC1CCCNCC1. The van der Waals surface area contributed by atoms with E-state index in [9.17, 15) is 4.79 Å². The van der Waals surface area contributed by atoms with E-state index in [4.69, 9.17) is 5.11 Å². The highest BCUT2D eigenvalue weighted by Crippen LogP contribution is 2.19. The zero-order valence-electron chi connectivity index (χ0n) is 9.78. The summed E-state index contributed by atoms with van der Waals surface area (Å²) in [5.74, 6) is -0.875. The van der Waals surface area contributed by atoms with Crippen LogP contribution in [0.2, 0.25) is 0 Å². The molecule has 0 amide bonds. The van der Waals surface area contributed by atoms with Crippen molar-refractivity contribution < 1.29 is 9.90 Å². The molecule has 0 bridgehead atoms. The van der Waals surface area contributed by atoms with E-state index >= 15 is 0 Å². The minimum absolute atomic E-state index is 0.352. The molecule has 1 saturated heterocycles.